The first-order chi connectivity index (χ1) is 9.47. The Hall–Kier alpha value is -2.19. The third-order valence-electron chi connectivity index (χ3n) is 2.26. The number of aryl methyl sites for hydroxylation is 1. The number of benzene rings is 1. The Labute approximate surface area is 122 Å². The quantitative estimate of drug-likeness (QED) is 0.513. The number of nitrogens with one attached hydrogen (secondary N) is 1. The zero-order chi connectivity index (χ0) is 14.7. The van der Waals surface area contributed by atoms with Crippen molar-refractivity contribution in [2.75, 3.05) is 5.43 Å². The Bertz CT molecular complexity index is 686. The predicted molar refractivity (Wildman–Crippen MR) is 77.8 cm³/mol. The number of halogens is 1. The Morgan fingerprint density at radius 1 is 1.60 bits per heavy atom. The molecule has 0 radical (unpaired) electrons. The highest BCUT2D eigenvalue weighted by Crippen LogP contribution is 2.32. The maximum Gasteiger partial charge on any atom is 0.312 e. The SMILES string of the molecule is Cc1csc(NN=Cc2cc(Cl)cc([N+](=O)[O-])c2O)n1. The largest absolute Gasteiger partial charge is 0.502 e. The van der Waals surface area contributed by atoms with Crippen LogP contribution < -0.4 is 5.43 Å². The fourth-order valence-electron chi connectivity index (χ4n) is 1.41. The maximum absolute atomic E-state index is 10.7. The third-order valence-corrected chi connectivity index (χ3v) is 3.35. The first-order valence-corrected chi connectivity index (χ1v) is 6.61. The fourth-order valence-corrected chi connectivity index (χ4v) is 2.26. The van der Waals surface area contributed by atoms with Gasteiger partial charge in [0.15, 0.2) is 0 Å². The minimum Gasteiger partial charge on any atom is -0.502 e. The lowest BCUT2D eigenvalue weighted by Gasteiger charge is -2.01. The second kappa shape index (κ2) is 5.85. The van der Waals surface area contributed by atoms with Crippen molar-refractivity contribution in [2.24, 2.45) is 5.10 Å². The van der Waals surface area contributed by atoms with Gasteiger partial charge in [-0.1, -0.05) is 11.6 Å². The van der Waals surface area contributed by atoms with E-state index in [1.807, 2.05) is 12.3 Å². The van der Waals surface area contributed by atoms with E-state index in [9.17, 15) is 15.2 Å². The lowest BCUT2D eigenvalue weighted by molar-refractivity contribution is -0.385. The van der Waals surface area contributed by atoms with Crippen molar-refractivity contribution in [3.8, 4) is 5.75 Å². The maximum atomic E-state index is 10.7. The summed E-state index contributed by atoms with van der Waals surface area (Å²) in [5, 5.41) is 26.9. The van der Waals surface area contributed by atoms with Crippen LogP contribution in [-0.4, -0.2) is 21.2 Å². The lowest BCUT2D eigenvalue weighted by Crippen LogP contribution is -1.94. The number of phenols is 1. The molecule has 0 fully saturated rings. The molecular weight excluding hydrogens is 304 g/mol. The van der Waals surface area contributed by atoms with Crippen LogP contribution in [0.4, 0.5) is 10.8 Å². The number of hydrogen-bond acceptors (Lipinski definition) is 7. The van der Waals surface area contributed by atoms with Gasteiger partial charge in [0.05, 0.1) is 16.8 Å². The molecule has 0 atom stereocenters. The molecular formula is C11H9ClN4O3S. The normalized spacial score (nSPS) is 10.9. The topological polar surface area (TPSA) is 101 Å². The minimum absolute atomic E-state index is 0.140. The molecule has 2 rings (SSSR count). The van der Waals surface area contributed by atoms with E-state index in [4.69, 9.17) is 11.6 Å². The van der Waals surface area contributed by atoms with Gasteiger partial charge in [-0.15, -0.1) is 11.3 Å². The summed E-state index contributed by atoms with van der Waals surface area (Å²) in [6, 6.07) is 2.45. The molecule has 1 aromatic carbocycles. The van der Waals surface area contributed by atoms with Gasteiger partial charge in [-0.2, -0.15) is 5.10 Å². The van der Waals surface area contributed by atoms with Gasteiger partial charge in [0.25, 0.3) is 0 Å². The number of aromatic hydroxyl groups is 1. The van der Waals surface area contributed by atoms with Crippen molar-refractivity contribution in [3.05, 3.63) is 43.9 Å². The smallest absolute Gasteiger partial charge is 0.312 e. The van der Waals surface area contributed by atoms with Crippen molar-refractivity contribution >= 4 is 40.0 Å². The average molecular weight is 313 g/mol. The van der Waals surface area contributed by atoms with Crippen LogP contribution in [-0.2, 0) is 0 Å². The summed E-state index contributed by atoms with van der Waals surface area (Å²) in [4.78, 5) is 14.2. The highest BCUT2D eigenvalue weighted by Gasteiger charge is 2.17. The molecule has 1 heterocycles. The summed E-state index contributed by atoms with van der Waals surface area (Å²) < 4.78 is 0. The molecule has 0 saturated carbocycles. The Morgan fingerprint density at radius 3 is 2.95 bits per heavy atom. The molecule has 0 saturated heterocycles. The molecule has 0 spiro atoms. The van der Waals surface area contributed by atoms with Crippen molar-refractivity contribution in [2.45, 2.75) is 6.92 Å². The second-order valence-electron chi connectivity index (χ2n) is 3.78. The van der Waals surface area contributed by atoms with Crippen LogP contribution >= 0.6 is 22.9 Å². The van der Waals surface area contributed by atoms with Crippen LogP contribution in [0.3, 0.4) is 0 Å². The number of thiazole rings is 1. The zero-order valence-electron chi connectivity index (χ0n) is 10.2. The van der Waals surface area contributed by atoms with Gasteiger partial charge < -0.3 is 5.11 Å². The third kappa shape index (κ3) is 3.22. The molecule has 7 nitrogen and oxygen atoms in total. The minimum atomic E-state index is -0.712. The summed E-state index contributed by atoms with van der Waals surface area (Å²) >= 11 is 7.12. The van der Waals surface area contributed by atoms with Crippen molar-refractivity contribution in [1.29, 1.82) is 0 Å². The van der Waals surface area contributed by atoms with E-state index in [2.05, 4.69) is 15.5 Å². The van der Waals surface area contributed by atoms with Gasteiger partial charge in [-0.05, 0) is 13.0 Å². The molecule has 104 valence electrons. The molecule has 20 heavy (non-hydrogen) atoms. The molecule has 0 aliphatic heterocycles. The highest BCUT2D eigenvalue weighted by molar-refractivity contribution is 7.13. The lowest BCUT2D eigenvalue weighted by atomic mass is 10.2. The number of rotatable bonds is 4. The molecule has 9 heteroatoms. The standard InChI is InChI=1S/C11H9ClN4O3S/c1-6-5-20-11(14-6)15-13-4-7-2-8(12)3-9(10(7)17)16(18)19/h2-5,17H,1H3,(H,14,15). The van der Waals surface area contributed by atoms with E-state index in [0.717, 1.165) is 11.8 Å². The van der Waals surface area contributed by atoms with E-state index >= 15 is 0 Å². The van der Waals surface area contributed by atoms with Gasteiger partial charge >= 0.3 is 5.69 Å². The van der Waals surface area contributed by atoms with E-state index in [1.165, 1.54) is 23.6 Å². The van der Waals surface area contributed by atoms with Crippen LogP contribution in [0.25, 0.3) is 0 Å². The first kappa shape index (κ1) is 14.2. The van der Waals surface area contributed by atoms with Crippen LogP contribution in [0.15, 0.2) is 22.6 Å². The molecule has 1 aromatic heterocycles. The monoisotopic (exact) mass is 312 g/mol. The highest BCUT2D eigenvalue weighted by atomic mass is 35.5. The molecule has 0 unspecified atom stereocenters. The first-order valence-electron chi connectivity index (χ1n) is 5.35. The molecule has 0 aliphatic carbocycles. The van der Waals surface area contributed by atoms with Crippen molar-refractivity contribution in [1.82, 2.24) is 4.98 Å². The van der Waals surface area contributed by atoms with Gasteiger partial charge in [0.2, 0.25) is 10.9 Å². The molecule has 0 aliphatic rings. The van der Waals surface area contributed by atoms with Gasteiger partial charge in [0, 0.05) is 22.0 Å². The number of hydrogen-bond donors (Lipinski definition) is 2. The number of aromatic nitrogens is 1. The van der Waals surface area contributed by atoms with E-state index in [0.29, 0.717) is 5.13 Å². The number of hydrazone groups is 1. The molecule has 2 N–H and O–H groups in total. The van der Waals surface area contributed by atoms with Gasteiger partial charge in [0.1, 0.15) is 0 Å². The Balaban J connectivity index is 2.22. The van der Waals surface area contributed by atoms with Gasteiger partial charge in [-0.3, -0.25) is 15.5 Å². The molecule has 0 bridgehead atoms. The second-order valence-corrected chi connectivity index (χ2v) is 5.08. The number of nitro benzene ring substituents is 1. The van der Waals surface area contributed by atoms with E-state index in [-0.39, 0.29) is 10.6 Å². The Morgan fingerprint density at radius 2 is 2.35 bits per heavy atom. The summed E-state index contributed by atoms with van der Waals surface area (Å²) in [5.41, 5.74) is 3.19. The zero-order valence-corrected chi connectivity index (χ0v) is 11.8. The van der Waals surface area contributed by atoms with E-state index < -0.39 is 16.4 Å². The van der Waals surface area contributed by atoms with Crippen molar-refractivity contribution < 1.29 is 10.0 Å². The number of nitro groups is 1. The summed E-state index contributed by atoms with van der Waals surface area (Å²) in [7, 11) is 0. The predicted octanol–water partition coefficient (Wildman–Crippen LogP) is 3.16. The number of anilines is 1. The summed E-state index contributed by atoms with van der Waals surface area (Å²) in [6.45, 7) is 1.84. The fraction of sp³-hybridized carbons (Fsp3) is 0.0909. The summed E-state index contributed by atoms with van der Waals surface area (Å²) in [5.74, 6) is -0.486. The van der Waals surface area contributed by atoms with Crippen LogP contribution in [0.2, 0.25) is 5.02 Å². The Kier molecular flexibility index (Phi) is 4.16. The van der Waals surface area contributed by atoms with E-state index in [1.54, 1.807) is 0 Å². The van der Waals surface area contributed by atoms with Crippen LogP contribution in [0.1, 0.15) is 11.3 Å². The van der Waals surface area contributed by atoms with Crippen molar-refractivity contribution in [3.63, 3.8) is 0 Å². The molecule has 0 amide bonds. The number of nitrogens with zero attached hydrogens (tertiary/aromatic N) is 3. The number of phenolic OH excluding ortho intramolecular Hbond substituents is 1. The van der Waals surface area contributed by atoms with Crippen LogP contribution in [0, 0.1) is 17.0 Å². The summed E-state index contributed by atoms with van der Waals surface area (Å²) in [6.07, 6.45) is 1.24. The molecule has 2 aromatic rings. The van der Waals surface area contributed by atoms with Crippen LogP contribution in [0.5, 0.6) is 5.75 Å². The average Bonchev–Trinajstić information content (AvgIpc) is 2.78. The van der Waals surface area contributed by atoms with Gasteiger partial charge in [-0.25, -0.2) is 4.98 Å².